The smallest absolute Gasteiger partial charge is 0.426 e. The maximum Gasteiger partial charge on any atom is 0.426 e. The second-order valence-electron chi connectivity index (χ2n) is 9.72. The van der Waals surface area contributed by atoms with Crippen LogP contribution in [0.3, 0.4) is 0 Å². The monoisotopic (exact) mass is 530 g/mol. The van der Waals surface area contributed by atoms with Gasteiger partial charge in [0.15, 0.2) is 0 Å². The molecule has 38 heavy (non-hydrogen) atoms. The Morgan fingerprint density at radius 3 is 1.29 bits per heavy atom. The molecule has 2 nitrogen and oxygen atoms in total. The maximum atomic E-state index is 14.8. The fraction of sp³-hybridized carbons (Fsp3) is 0.438. The van der Waals surface area contributed by atoms with Gasteiger partial charge in [-0.3, -0.25) is 0 Å². The van der Waals surface area contributed by atoms with Crippen molar-refractivity contribution in [2.75, 3.05) is 0 Å². The zero-order valence-corrected chi connectivity index (χ0v) is 22.3. The lowest BCUT2D eigenvalue weighted by molar-refractivity contribution is -0.188. The van der Waals surface area contributed by atoms with E-state index in [1.54, 1.807) is 24.3 Å². The standard InChI is InChI=1S/C32H38F4O2/c1-3-5-6-7-8-9-10-12-26-15-23-30(24-16-26)38-32(35,36)28-19-17-27(18-20-28)31(33,34)37-29-21-13-25(11-4-2)14-22-29/h13-24H,3-12H2,1-2H3. The third-order valence-corrected chi connectivity index (χ3v) is 6.50. The summed E-state index contributed by atoms with van der Waals surface area (Å²) in [5, 5.41) is 0. The van der Waals surface area contributed by atoms with E-state index in [9.17, 15) is 17.6 Å². The lowest BCUT2D eigenvalue weighted by atomic mass is 10.0. The number of aryl methyl sites for hydroxylation is 2. The van der Waals surface area contributed by atoms with Gasteiger partial charge in [0, 0.05) is 0 Å². The molecule has 0 saturated heterocycles. The molecular formula is C32H38F4O2. The molecule has 3 aromatic rings. The van der Waals surface area contributed by atoms with Crippen LogP contribution >= 0.6 is 0 Å². The van der Waals surface area contributed by atoms with Crippen molar-refractivity contribution in [1.82, 2.24) is 0 Å². The average molecular weight is 531 g/mol. The van der Waals surface area contributed by atoms with Crippen LogP contribution in [0.4, 0.5) is 17.6 Å². The van der Waals surface area contributed by atoms with Crippen LogP contribution in [-0.2, 0) is 25.1 Å². The summed E-state index contributed by atoms with van der Waals surface area (Å²) in [6.07, 6.45) is 3.83. The largest absolute Gasteiger partial charge is 0.429 e. The second-order valence-corrected chi connectivity index (χ2v) is 9.72. The Morgan fingerprint density at radius 1 is 0.474 bits per heavy atom. The predicted molar refractivity (Wildman–Crippen MR) is 144 cm³/mol. The van der Waals surface area contributed by atoms with Crippen molar-refractivity contribution in [3.63, 3.8) is 0 Å². The molecule has 0 atom stereocenters. The van der Waals surface area contributed by atoms with Gasteiger partial charge in [-0.25, -0.2) is 0 Å². The fourth-order valence-corrected chi connectivity index (χ4v) is 4.30. The first kappa shape index (κ1) is 29.5. The van der Waals surface area contributed by atoms with Gasteiger partial charge >= 0.3 is 12.2 Å². The van der Waals surface area contributed by atoms with E-state index in [0.717, 1.165) is 67.5 Å². The summed E-state index contributed by atoms with van der Waals surface area (Å²) in [6, 6.07) is 16.8. The molecule has 0 bridgehead atoms. The summed E-state index contributed by atoms with van der Waals surface area (Å²) in [7, 11) is 0. The molecule has 0 spiro atoms. The summed E-state index contributed by atoms with van der Waals surface area (Å²) in [5.74, 6) is 0.0191. The highest BCUT2D eigenvalue weighted by molar-refractivity contribution is 5.32. The molecule has 0 saturated carbocycles. The Morgan fingerprint density at radius 2 is 0.868 bits per heavy atom. The highest BCUT2D eigenvalue weighted by Gasteiger charge is 2.38. The number of benzene rings is 3. The molecule has 0 N–H and O–H groups in total. The van der Waals surface area contributed by atoms with Gasteiger partial charge < -0.3 is 9.47 Å². The van der Waals surface area contributed by atoms with Gasteiger partial charge in [-0.2, -0.15) is 17.6 Å². The number of hydrogen-bond acceptors (Lipinski definition) is 2. The van der Waals surface area contributed by atoms with Crippen LogP contribution in [0.2, 0.25) is 0 Å². The van der Waals surface area contributed by atoms with Gasteiger partial charge in [-0.1, -0.05) is 83.1 Å². The Balaban J connectivity index is 1.53. The first-order valence-corrected chi connectivity index (χ1v) is 13.7. The molecule has 0 aliphatic rings. The van der Waals surface area contributed by atoms with Gasteiger partial charge in [0.25, 0.3) is 0 Å². The summed E-state index contributed by atoms with van der Waals surface area (Å²) in [6.45, 7) is 4.23. The minimum absolute atomic E-state index is 0.00279. The van der Waals surface area contributed by atoms with Crippen molar-refractivity contribution in [2.24, 2.45) is 0 Å². The quantitative estimate of drug-likeness (QED) is 0.135. The highest BCUT2D eigenvalue weighted by Crippen LogP contribution is 2.36. The fourth-order valence-electron chi connectivity index (χ4n) is 4.30. The third kappa shape index (κ3) is 9.07. The lowest BCUT2D eigenvalue weighted by Crippen LogP contribution is -2.24. The van der Waals surface area contributed by atoms with E-state index in [0.29, 0.717) is 0 Å². The maximum absolute atomic E-state index is 14.8. The molecule has 3 rings (SSSR count). The van der Waals surface area contributed by atoms with Gasteiger partial charge in [0.2, 0.25) is 0 Å². The van der Waals surface area contributed by atoms with Crippen molar-refractivity contribution >= 4 is 0 Å². The zero-order chi connectivity index (χ0) is 27.4. The van der Waals surface area contributed by atoms with E-state index in [4.69, 9.17) is 9.47 Å². The number of halogens is 4. The molecule has 0 unspecified atom stereocenters. The molecular weight excluding hydrogens is 492 g/mol. The second kappa shape index (κ2) is 14.2. The number of hydrogen-bond donors (Lipinski definition) is 0. The van der Waals surface area contributed by atoms with Crippen molar-refractivity contribution in [1.29, 1.82) is 0 Å². The Labute approximate surface area is 224 Å². The van der Waals surface area contributed by atoms with Gasteiger partial charge in [0.1, 0.15) is 11.5 Å². The summed E-state index contributed by atoms with van der Waals surface area (Å²) in [5.41, 5.74) is 1.05. The molecule has 206 valence electrons. The predicted octanol–water partition coefficient (Wildman–Crippen LogP) is 10.2. The van der Waals surface area contributed by atoms with Gasteiger partial charge in [-0.05, 0) is 78.9 Å². The number of unbranched alkanes of at least 4 members (excludes halogenated alkanes) is 6. The molecule has 0 heterocycles. The van der Waals surface area contributed by atoms with E-state index in [2.05, 4.69) is 6.92 Å². The first-order valence-electron chi connectivity index (χ1n) is 13.7. The van der Waals surface area contributed by atoms with Crippen LogP contribution in [0.5, 0.6) is 11.5 Å². The van der Waals surface area contributed by atoms with Crippen molar-refractivity contribution in [2.45, 2.75) is 90.3 Å². The summed E-state index contributed by atoms with van der Waals surface area (Å²) < 4.78 is 68.6. The van der Waals surface area contributed by atoms with Gasteiger partial charge in [-0.15, -0.1) is 0 Å². The Bertz CT molecular complexity index is 1080. The minimum Gasteiger partial charge on any atom is -0.429 e. The van der Waals surface area contributed by atoms with E-state index in [1.165, 1.54) is 56.4 Å². The van der Waals surface area contributed by atoms with E-state index in [1.807, 2.05) is 6.92 Å². The van der Waals surface area contributed by atoms with Crippen LogP contribution in [0.1, 0.15) is 87.5 Å². The Hall–Kier alpha value is -3.02. The van der Waals surface area contributed by atoms with Gasteiger partial charge in [0.05, 0.1) is 11.1 Å². The van der Waals surface area contributed by atoms with Crippen LogP contribution in [0, 0.1) is 0 Å². The molecule has 0 amide bonds. The Kier molecular flexibility index (Phi) is 11.1. The molecule has 3 aromatic carbocycles. The topological polar surface area (TPSA) is 18.5 Å². The zero-order valence-electron chi connectivity index (χ0n) is 22.3. The van der Waals surface area contributed by atoms with Crippen LogP contribution in [0.25, 0.3) is 0 Å². The highest BCUT2D eigenvalue weighted by atomic mass is 19.3. The van der Waals surface area contributed by atoms with E-state index in [-0.39, 0.29) is 11.5 Å². The number of rotatable bonds is 16. The molecule has 6 heteroatoms. The average Bonchev–Trinajstić information content (AvgIpc) is 2.90. The molecule has 0 aliphatic heterocycles. The molecule has 0 radical (unpaired) electrons. The molecule has 0 fully saturated rings. The summed E-state index contributed by atoms with van der Waals surface area (Å²) in [4.78, 5) is 0. The van der Waals surface area contributed by atoms with Crippen LogP contribution < -0.4 is 9.47 Å². The van der Waals surface area contributed by atoms with Crippen molar-refractivity contribution in [3.8, 4) is 11.5 Å². The number of alkyl halides is 4. The summed E-state index contributed by atoms with van der Waals surface area (Å²) >= 11 is 0. The van der Waals surface area contributed by atoms with E-state index < -0.39 is 23.3 Å². The lowest BCUT2D eigenvalue weighted by Gasteiger charge is -2.21. The van der Waals surface area contributed by atoms with Crippen LogP contribution in [0.15, 0.2) is 72.8 Å². The molecule has 0 aliphatic carbocycles. The van der Waals surface area contributed by atoms with Crippen molar-refractivity contribution in [3.05, 3.63) is 95.1 Å². The number of ether oxygens (including phenoxy) is 2. The van der Waals surface area contributed by atoms with E-state index >= 15 is 0 Å². The molecule has 0 aromatic heterocycles. The third-order valence-electron chi connectivity index (χ3n) is 6.50. The SMILES string of the molecule is CCCCCCCCCc1ccc(OC(F)(F)c2ccc(C(F)(F)Oc3ccc(CCC)cc3)cc2)cc1. The first-order chi connectivity index (χ1) is 18.2. The minimum atomic E-state index is -3.68. The van der Waals surface area contributed by atoms with Crippen molar-refractivity contribution < 1.29 is 27.0 Å². The normalized spacial score (nSPS) is 11.9. The van der Waals surface area contributed by atoms with Crippen LogP contribution in [-0.4, -0.2) is 0 Å².